The first-order chi connectivity index (χ1) is 14.4. The topological polar surface area (TPSA) is 35.5 Å². The number of hydrogen-bond donors (Lipinski definition) is 0. The third kappa shape index (κ3) is 6.12. The summed E-state index contributed by atoms with van der Waals surface area (Å²) in [5.41, 5.74) is 0.947. The van der Waals surface area contributed by atoms with Crippen molar-refractivity contribution in [1.82, 2.24) is 0 Å². The largest absolute Gasteiger partial charge is 0.426 e. The summed E-state index contributed by atoms with van der Waals surface area (Å²) in [6.45, 7) is 19.6. The highest BCUT2D eigenvalue weighted by Crippen LogP contribution is 2.47. The fourth-order valence-electron chi connectivity index (χ4n) is 4.63. The lowest BCUT2D eigenvalue weighted by Gasteiger charge is -2.46. The van der Waals surface area contributed by atoms with E-state index in [-0.39, 0.29) is 17.0 Å². The fraction of sp³-hybridized carbons (Fsp3) is 0.750. The molecule has 0 aliphatic heterocycles. The highest BCUT2D eigenvalue weighted by molar-refractivity contribution is 5.78. The Morgan fingerprint density at radius 1 is 0.935 bits per heavy atom. The Bertz CT molecular complexity index is 708. The van der Waals surface area contributed by atoms with Gasteiger partial charge < -0.3 is 9.47 Å². The maximum absolute atomic E-state index is 12.4. The van der Waals surface area contributed by atoms with Gasteiger partial charge in [-0.1, -0.05) is 46.8 Å². The number of rotatable bonds is 9. The second-order valence-electron chi connectivity index (χ2n) is 11.3. The Hall–Kier alpha value is -1.35. The lowest BCUT2D eigenvalue weighted by Crippen LogP contribution is -2.41. The van der Waals surface area contributed by atoms with Crippen molar-refractivity contribution in [2.75, 3.05) is 0 Å². The van der Waals surface area contributed by atoms with Crippen molar-refractivity contribution < 1.29 is 14.3 Å². The standard InChI is InChI=1S/C28H46O3/c1-10-26(5,6)25(29)30-23-16-12-21(13-17-23)28(9,20(3)4)22-14-18-24(19-15-22)31-27(7,8)11-2/h12-13,16-17,20,22,24H,10-11,14-15,18-19H2,1-9H3. The second-order valence-corrected chi connectivity index (χ2v) is 11.3. The van der Waals surface area contributed by atoms with Gasteiger partial charge in [-0.2, -0.15) is 0 Å². The van der Waals surface area contributed by atoms with E-state index in [0.29, 0.717) is 23.7 Å². The van der Waals surface area contributed by atoms with Crippen LogP contribution in [0.15, 0.2) is 24.3 Å². The summed E-state index contributed by atoms with van der Waals surface area (Å²) in [6.07, 6.45) is 6.85. The summed E-state index contributed by atoms with van der Waals surface area (Å²) in [7, 11) is 0. The average molecular weight is 431 g/mol. The smallest absolute Gasteiger partial charge is 0.316 e. The molecule has 1 aliphatic rings. The molecule has 3 heteroatoms. The normalized spacial score (nSPS) is 22.3. The predicted molar refractivity (Wildman–Crippen MR) is 130 cm³/mol. The highest BCUT2D eigenvalue weighted by atomic mass is 16.5. The van der Waals surface area contributed by atoms with Crippen LogP contribution >= 0.6 is 0 Å². The zero-order valence-corrected chi connectivity index (χ0v) is 21.5. The third-order valence-electron chi connectivity index (χ3n) is 8.18. The molecule has 1 unspecified atom stereocenters. The Morgan fingerprint density at radius 2 is 1.48 bits per heavy atom. The zero-order valence-electron chi connectivity index (χ0n) is 21.5. The van der Waals surface area contributed by atoms with Gasteiger partial charge in [0.05, 0.1) is 17.1 Å². The van der Waals surface area contributed by atoms with E-state index in [1.807, 2.05) is 32.9 Å². The van der Waals surface area contributed by atoms with Crippen molar-refractivity contribution in [1.29, 1.82) is 0 Å². The molecule has 3 nitrogen and oxygen atoms in total. The van der Waals surface area contributed by atoms with Crippen LogP contribution in [-0.2, 0) is 14.9 Å². The minimum Gasteiger partial charge on any atom is -0.426 e. The minimum absolute atomic E-state index is 0.0293. The SMILES string of the molecule is CCC(C)(C)OC1CCC(C(C)(c2ccc(OC(=O)C(C)(C)CC)cc2)C(C)C)CC1. The molecule has 1 atom stereocenters. The molecule has 31 heavy (non-hydrogen) atoms. The molecule has 0 heterocycles. The van der Waals surface area contributed by atoms with Crippen LogP contribution in [0.3, 0.4) is 0 Å². The molecule has 176 valence electrons. The molecular weight excluding hydrogens is 384 g/mol. The van der Waals surface area contributed by atoms with Gasteiger partial charge in [-0.25, -0.2) is 0 Å². The number of hydrogen-bond acceptors (Lipinski definition) is 3. The van der Waals surface area contributed by atoms with Gasteiger partial charge in [-0.15, -0.1) is 0 Å². The lowest BCUT2D eigenvalue weighted by molar-refractivity contribution is -0.144. The fourth-order valence-corrected chi connectivity index (χ4v) is 4.63. The van der Waals surface area contributed by atoms with Gasteiger partial charge in [-0.3, -0.25) is 4.79 Å². The van der Waals surface area contributed by atoms with E-state index < -0.39 is 5.41 Å². The molecule has 2 rings (SSSR count). The maximum atomic E-state index is 12.4. The summed E-state index contributed by atoms with van der Waals surface area (Å²) in [4.78, 5) is 12.4. The van der Waals surface area contributed by atoms with Gasteiger partial charge in [0.1, 0.15) is 5.75 Å². The lowest BCUT2D eigenvalue weighted by atomic mass is 9.60. The molecule has 1 aromatic carbocycles. The molecular formula is C28H46O3. The van der Waals surface area contributed by atoms with Gasteiger partial charge in [0.25, 0.3) is 0 Å². The molecule has 1 aliphatic carbocycles. The Morgan fingerprint density at radius 3 is 1.94 bits per heavy atom. The van der Waals surface area contributed by atoms with E-state index in [1.54, 1.807) is 0 Å². The van der Waals surface area contributed by atoms with Gasteiger partial charge in [0.15, 0.2) is 0 Å². The van der Waals surface area contributed by atoms with Gasteiger partial charge in [0, 0.05) is 0 Å². The van der Waals surface area contributed by atoms with Crippen molar-refractivity contribution in [3.63, 3.8) is 0 Å². The summed E-state index contributed by atoms with van der Waals surface area (Å²) >= 11 is 0. The molecule has 0 N–H and O–H groups in total. The number of carbonyl (C=O) groups is 1. The average Bonchev–Trinajstić information content (AvgIpc) is 2.73. The van der Waals surface area contributed by atoms with Crippen molar-refractivity contribution in [3.05, 3.63) is 29.8 Å². The number of esters is 1. The van der Waals surface area contributed by atoms with Gasteiger partial charge >= 0.3 is 5.97 Å². The molecule has 0 amide bonds. The van der Waals surface area contributed by atoms with Crippen LogP contribution in [0.2, 0.25) is 0 Å². The van der Waals surface area contributed by atoms with Crippen molar-refractivity contribution in [3.8, 4) is 5.75 Å². The quantitative estimate of drug-likeness (QED) is 0.297. The van der Waals surface area contributed by atoms with Crippen LogP contribution in [-0.4, -0.2) is 17.7 Å². The van der Waals surface area contributed by atoms with E-state index in [4.69, 9.17) is 9.47 Å². The number of benzene rings is 1. The molecule has 0 saturated heterocycles. The molecule has 1 fully saturated rings. The molecule has 0 radical (unpaired) electrons. The molecule has 0 bridgehead atoms. The van der Waals surface area contributed by atoms with Gasteiger partial charge in [0.2, 0.25) is 0 Å². The highest BCUT2D eigenvalue weighted by Gasteiger charge is 2.41. The molecule has 1 aromatic rings. The van der Waals surface area contributed by atoms with Crippen LogP contribution in [0.5, 0.6) is 5.75 Å². The van der Waals surface area contributed by atoms with Crippen LogP contribution in [0, 0.1) is 17.3 Å². The summed E-state index contributed by atoms with van der Waals surface area (Å²) in [5.74, 6) is 1.63. The number of carbonyl (C=O) groups excluding carboxylic acids is 1. The monoisotopic (exact) mass is 430 g/mol. The van der Waals surface area contributed by atoms with Gasteiger partial charge in [-0.05, 0) is 101 Å². The zero-order chi connectivity index (χ0) is 23.4. The first-order valence-electron chi connectivity index (χ1n) is 12.4. The van der Waals surface area contributed by atoms with Crippen molar-refractivity contribution in [2.45, 2.75) is 118 Å². The second kappa shape index (κ2) is 10.1. The van der Waals surface area contributed by atoms with E-state index in [0.717, 1.165) is 25.7 Å². The van der Waals surface area contributed by atoms with E-state index in [2.05, 4.69) is 53.7 Å². The molecule has 0 spiro atoms. The number of ether oxygens (including phenoxy) is 2. The van der Waals surface area contributed by atoms with E-state index in [9.17, 15) is 4.79 Å². The first-order valence-corrected chi connectivity index (χ1v) is 12.4. The Balaban J connectivity index is 2.12. The maximum Gasteiger partial charge on any atom is 0.316 e. The molecule has 1 saturated carbocycles. The molecule has 0 aromatic heterocycles. The predicted octanol–water partition coefficient (Wildman–Crippen LogP) is 7.71. The van der Waals surface area contributed by atoms with Crippen molar-refractivity contribution >= 4 is 5.97 Å². The first kappa shape index (κ1) is 25.9. The van der Waals surface area contributed by atoms with Crippen LogP contribution in [0.1, 0.15) is 106 Å². The van der Waals surface area contributed by atoms with E-state index in [1.165, 1.54) is 18.4 Å². The van der Waals surface area contributed by atoms with Crippen molar-refractivity contribution in [2.24, 2.45) is 17.3 Å². The summed E-state index contributed by atoms with van der Waals surface area (Å²) in [6, 6.07) is 8.28. The van der Waals surface area contributed by atoms with E-state index >= 15 is 0 Å². The Kier molecular flexibility index (Phi) is 8.41. The third-order valence-corrected chi connectivity index (χ3v) is 8.18. The Labute approximate surface area is 191 Å². The summed E-state index contributed by atoms with van der Waals surface area (Å²) < 4.78 is 12.1. The van der Waals surface area contributed by atoms with Crippen LogP contribution in [0.25, 0.3) is 0 Å². The minimum atomic E-state index is -0.460. The van der Waals surface area contributed by atoms with Crippen LogP contribution < -0.4 is 4.74 Å². The van der Waals surface area contributed by atoms with Crippen LogP contribution in [0.4, 0.5) is 0 Å². The summed E-state index contributed by atoms with van der Waals surface area (Å²) in [5, 5.41) is 0.